The van der Waals surface area contributed by atoms with Gasteiger partial charge in [0.1, 0.15) is 11.6 Å². The summed E-state index contributed by atoms with van der Waals surface area (Å²) in [5, 5.41) is 12.6. The zero-order valence-electron chi connectivity index (χ0n) is 20.8. The summed E-state index contributed by atoms with van der Waals surface area (Å²) >= 11 is 0. The van der Waals surface area contributed by atoms with E-state index in [0.29, 0.717) is 13.0 Å². The maximum Gasteiger partial charge on any atom is 0.317 e. The van der Waals surface area contributed by atoms with Crippen molar-refractivity contribution in [2.45, 2.75) is 45.6 Å². The van der Waals surface area contributed by atoms with Crippen molar-refractivity contribution in [2.24, 2.45) is 5.41 Å². The second-order valence-corrected chi connectivity index (χ2v) is 9.11. The SMILES string of the molecule is CCCC(=O)OC.CCNC(=O)N1CCC2(CC1)CN(c1ccc(F)cc1)C2c1ccc(O)cc1. The first-order valence-electron chi connectivity index (χ1n) is 12.2. The molecule has 190 valence electrons. The molecule has 2 aromatic carbocycles. The van der Waals surface area contributed by atoms with Gasteiger partial charge in [-0.25, -0.2) is 9.18 Å². The Kier molecular flexibility index (Phi) is 8.95. The molecule has 4 rings (SSSR count). The number of halogens is 1. The van der Waals surface area contributed by atoms with Crippen molar-refractivity contribution in [3.63, 3.8) is 0 Å². The lowest BCUT2D eigenvalue weighted by atomic mass is 9.63. The molecule has 1 spiro atoms. The van der Waals surface area contributed by atoms with Crippen LogP contribution in [-0.2, 0) is 9.53 Å². The number of anilines is 1. The van der Waals surface area contributed by atoms with Gasteiger partial charge >= 0.3 is 12.0 Å². The number of hydrogen-bond acceptors (Lipinski definition) is 5. The van der Waals surface area contributed by atoms with Crippen LogP contribution in [0.5, 0.6) is 5.75 Å². The number of likely N-dealkylation sites (tertiary alicyclic amines) is 1. The average Bonchev–Trinajstić information content (AvgIpc) is 2.85. The Morgan fingerprint density at radius 2 is 1.71 bits per heavy atom. The molecule has 2 aromatic rings. The maximum atomic E-state index is 13.4. The molecule has 1 unspecified atom stereocenters. The molecule has 8 heteroatoms. The lowest BCUT2D eigenvalue weighted by Crippen LogP contribution is -2.63. The number of ether oxygens (including phenoxy) is 1. The number of esters is 1. The molecule has 2 amide bonds. The summed E-state index contributed by atoms with van der Waals surface area (Å²) in [5.41, 5.74) is 2.21. The lowest BCUT2D eigenvalue weighted by Gasteiger charge is -2.61. The minimum atomic E-state index is -0.240. The Hall–Kier alpha value is -3.29. The number of amides is 2. The van der Waals surface area contributed by atoms with Crippen molar-refractivity contribution >= 4 is 17.7 Å². The number of piperidine rings is 1. The molecule has 0 saturated carbocycles. The fraction of sp³-hybridized carbons (Fsp3) is 0.481. The van der Waals surface area contributed by atoms with E-state index in [1.807, 2.05) is 43.0 Å². The molecule has 2 aliphatic heterocycles. The summed E-state index contributed by atoms with van der Waals surface area (Å²) in [6.07, 6.45) is 3.25. The topological polar surface area (TPSA) is 82.1 Å². The van der Waals surface area contributed by atoms with Gasteiger partial charge in [-0.2, -0.15) is 0 Å². The molecule has 2 aliphatic rings. The fourth-order valence-corrected chi connectivity index (χ4v) is 4.95. The minimum Gasteiger partial charge on any atom is -0.508 e. The molecule has 2 N–H and O–H groups in total. The van der Waals surface area contributed by atoms with E-state index < -0.39 is 0 Å². The molecule has 2 fully saturated rings. The Morgan fingerprint density at radius 1 is 1.09 bits per heavy atom. The highest BCUT2D eigenvalue weighted by atomic mass is 19.1. The van der Waals surface area contributed by atoms with Crippen LogP contribution in [0.4, 0.5) is 14.9 Å². The van der Waals surface area contributed by atoms with Crippen molar-refractivity contribution in [3.05, 3.63) is 59.9 Å². The molecule has 0 aliphatic carbocycles. The summed E-state index contributed by atoms with van der Waals surface area (Å²) in [5.74, 6) is -0.116. The van der Waals surface area contributed by atoms with E-state index in [4.69, 9.17) is 0 Å². The van der Waals surface area contributed by atoms with Crippen molar-refractivity contribution in [1.29, 1.82) is 0 Å². The van der Waals surface area contributed by atoms with Gasteiger partial charge < -0.3 is 25.0 Å². The smallest absolute Gasteiger partial charge is 0.317 e. The van der Waals surface area contributed by atoms with Crippen LogP contribution in [0.25, 0.3) is 0 Å². The first kappa shape index (κ1) is 26.3. The second-order valence-electron chi connectivity index (χ2n) is 9.11. The fourth-order valence-electron chi connectivity index (χ4n) is 4.95. The van der Waals surface area contributed by atoms with Gasteiger partial charge in [0.05, 0.1) is 13.2 Å². The normalized spacial score (nSPS) is 18.2. The number of rotatable bonds is 5. The third-order valence-electron chi connectivity index (χ3n) is 6.80. The average molecular weight is 486 g/mol. The first-order chi connectivity index (χ1) is 16.8. The van der Waals surface area contributed by atoms with E-state index in [9.17, 15) is 19.1 Å². The number of phenolic OH excluding ortho intramolecular Hbond substituents is 1. The van der Waals surface area contributed by atoms with Crippen molar-refractivity contribution in [1.82, 2.24) is 10.2 Å². The van der Waals surface area contributed by atoms with E-state index in [-0.39, 0.29) is 35.0 Å². The second kappa shape index (κ2) is 11.9. The quantitative estimate of drug-likeness (QED) is 0.591. The Labute approximate surface area is 206 Å². The summed E-state index contributed by atoms with van der Waals surface area (Å²) < 4.78 is 17.7. The number of benzene rings is 2. The Balaban J connectivity index is 0.000000429. The standard InChI is InChI=1S/C22H26FN3O2.C5H10O2/c1-2-24-21(28)25-13-11-22(12-14-25)15-26(18-7-5-17(23)6-8-18)20(22)16-3-9-19(27)10-4-16;1-3-4-5(6)7-2/h3-10,20,27H,2,11-15H2,1H3,(H,24,28);3-4H2,1-2H3. The van der Waals surface area contributed by atoms with Gasteiger partial charge in [-0.1, -0.05) is 19.1 Å². The number of urea groups is 1. The zero-order valence-corrected chi connectivity index (χ0v) is 20.8. The highest BCUT2D eigenvalue weighted by molar-refractivity contribution is 5.74. The van der Waals surface area contributed by atoms with Crippen molar-refractivity contribution in [3.8, 4) is 5.75 Å². The van der Waals surface area contributed by atoms with Gasteiger partial charge in [-0.05, 0) is 68.1 Å². The van der Waals surface area contributed by atoms with Crippen LogP contribution in [0.2, 0.25) is 0 Å². The van der Waals surface area contributed by atoms with E-state index in [2.05, 4.69) is 15.0 Å². The van der Waals surface area contributed by atoms with E-state index in [0.717, 1.165) is 50.1 Å². The number of phenols is 1. The van der Waals surface area contributed by atoms with E-state index in [1.54, 1.807) is 12.1 Å². The molecule has 2 saturated heterocycles. The third kappa shape index (κ3) is 6.24. The zero-order chi connectivity index (χ0) is 25.4. The van der Waals surface area contributed by atoms with Crippen LogP contribution >= 0.6 is 0 Å². The minimum absolute atomic E-state index is 0.00764. The van der Waals surface area contributed by atoms with Gasteiger partial charge in [-0.15, -0.1) is 0 Å². The number of carbonyl (C=O) groups is 2. The number of aromatic hydroxyl groups is 1. The predicted molar refractivity (Wildman–Crippen MR) is 134 cm³/mol. The number of hydrogen-bond donors (Lipinski definition) is 2. The molecule has 2 heterocycles. The highest BCUT2D eigenvalue weighted by Crippen LogP contribution is 2.56. The summed E-state index contributed by atoms with van der Waals surface area (Å²) in [6, 6.07) is 14.1. The molecule has 0 radical (unpaired) electrons. The van der Waals surface area contributed by atoms with Crippen LogP contribution in [-0.4, -0.2) is 55.3 Å². The number of methoxy groups -OCH3 is 1. The summed E-state index contributed by atoms with van der Waals surface area (Å²) in [6.45, 7) is 6.85. The van der Waals surface area contributed by atoms with Crippen LogP contribution in [0.15, 0.2) is 48.5 Å². The highest BCUT2D eigenvalue weighted by Gasteiger charge is 2.54. The molecular formula is C27H36FN3O4. The van der Waals surface area contributed by atoms with Gasteiger partial charge in [0, 0.05) is 43.7 Å². The largest absolute Gasteiger partial charge is 0.508 e. The Morgan fingerprint density at radius 3 is 2.23 bits per heavy atom. The van der Waals surface area contributed by atoms with Gasteiger partial charge in [0.2, 0.25) is 0 Å². The molecule has 1 atom stereocenters. The number of nitrogens with one attached hydrogen (secondary N) is 1. The van der Waals surface area contributed by atoms with Crippen LogP contribution in [0.3, 0.4) is 0 Å². The monoisotopic (exact) mass is 485 g/mol. The van der Waals surface area contributed by atoms with Crippen LogP contribution < -0.4 is 10.2 Å². The molecule has 0 aromatic heterocycles. The number of carbonyl (C=O) groups excluding carboxylic acids is 2. The van der Waals surface area contributed by atoms with Crippen molar-refractivity contribution in [2.75, 3.05) is 38.2 Å². The summed E-state index contributed by atoms with van der Waals surface area (Å²) in [7, 11) is 1.40. The molecule has 7 nitrogen and oxygen atoms in total. The van der Waals surface area contributed by atoms with Crippen LogP contribution in [0.1, 0.15) is 51.1 Å². The van der Waals surface area contributed by atoms with E-state index in [1.165, 1.54) is 19.2 Å². The maximum absolute atomic E-state index is 13.4. The lowest BCUT2D eigenvalue weighted by molar-refractivity contribution is -0.140. The van der Waals surface area contributed by atoms with Gasteiger partial charge in [-0.3, -0.25) is 4.79 Å². The molecule has 0 bridgehead atoms. The van der Waals surface area contributed by atoms with Crippen molar-refractivity contribution < 1.29 is 23.8 Å². The van der Waals surface area contributed by atoms with Gasteiger partial charge in [0.15, 0.2) is 0 Å². The first-order valence-corrected chi connectivity index (χ1v) is 12.2. The third-order valence-corrected chi connectivity index (χ3v) is 6.80. The number of nitrogens with zero attached hydrogens (tertiary/aromatic N) is 2. The van der Waals surface area contributed by atoms with Crippen LogP contribution in [0, 0.1) is 11.2 Å². The Bertz CT molecular complexity index is 973. The van der Waals surface area contributed by atoms with E-state index >= 15 is 0 Å². The van der Waals surface area contributed by atoms with Gasteiger partial charge in [0.25, 0.3) is 0 Å². The summed E-state index contributed by atoms with van der Waals surface area (Å²) in [4.78, 5) is 26.5. The molecule has 35 heavy (non-hydrogen) atoms. The molecular weight excluding hydrogens is 449 g/mol. The predicted octanol–water partition coefficient (Wildman–Crippen LogP) is 4.86.